The maximum atomic E-state index is 8.64. The number of fused-ring (bicyclic) bond motifs is 3. The number of pyridine rings is 1. The van der Waals surface area contributed by atoms with Gasteiger partial charge in [0.15, 0.2) is 5.69 Å². The second-order valence-corrected chi connectivity index (χ2v) is 6.65. The Morgan fingerprint density at radius 2 is 1.62 bits per heavy atom. The summed E-state index contributed by atoms with van der Waals surface area (Å²) in [6.07, 6.45) is 0. The second kappa shape index (κ2) is 5.45. The average Bonchev–Trinajstić information content (AvgIpc) is 2.62. The first kappa shape index (κ1) is 13.7. The summed E-state index contributed by atoms with van der Waals surface area (Å²) in [5.41, 5.74) is 5.93. The van der Waals surface area contributed by atoms with Crippen molar-refractivity contribution in [1.29, 1.82) is 0 Å². The van der Waals surface area contributed by atoms with Gasteiger partial charge in [-0.05, 0) is 41.6 Å². The van der Waals surface area contributed by atoms with Crippen LogP contribution in [0.15, 0.2) is 60.6 Å². The first-order valence-corrected chi connectivity index (χ1v) is 8.37. The lowest BCUT2D eigenvalue weighted by Crippen LogP contribution is -2.35. The number of hydrogen-bond donors (Lipinski definition) is 0. The molecule has 1 heteroatoms. The van der Waals surface area contributed by atoms with E-state index in [2.05, 4.69) is 80.1 Å². The van der Waals surface area contributed by atoms with Gasteiger partial charge in [-0.15, -0.1) is 0 Å². The summed E-state index contributed by atoms with van der Waals surface area (Å²) in [6.45, 7) is 6.33. The number of rotatable bonds is 1. The average molecular weight is 313 g/mol. The van der Waals surface area contributed by atoms with Crippen LogP contribution in [0.5, 0.6) is 0 Å². The summed E-state index contributed by atoms with van der Waals surface area (Å²) in [5, 5.41) is 4.61. The SMILES string of the molecule is [2H]c1c(C)[n+](C)c(-c2cc(C)ccc2C)c2c1ccc1ccccc12. The molecular formula is C23H22N+. The first-order valence-electron chi connectivity index (χ1n) is 8.87. The minimum atomic E-state index is 0.609. The Bertz CT molecular complexity index is 1140. The molecular weight excluding hydrogens is 290 g/mol. The van der Waals surface area contributed by atoms with Crippen molar-refractivity contribution < 1.29 is 5.94 Å². The van der Waals surface area contributed by atoms with Crippen molar-refractivity contribution >= 4 is 21.5 Å². The highest BCUT2D eigenvalue weighted by Gasteiger charge is 2.21. The van der Waals surface area contributed by atoms with Gasteiger partial charge in [-0.2, -0.15) is 4.57 Å². The predicted octanol–water partition coefficient (Wildman–Crippen LogP) is 5.41. The molecule has 1 aromatic heterocycles. The zero-order chi connectivity index (χ0) is 17.7. The Morgan fingerprint density at radius 1 is 0.875 bits per heavy atom. The van der Waals surface area contributed by atoms with E-state index in [1.165, 1.54) is 38.5 Å². The summed E-state index contributed by atoms with van der Waals surface area (Å²) in [6, 6.07) is 19.9. The van der Waals surface area contributed by atoms with Gasteiger partial charge in [0.25, 0.3) is 0 Å². The van der Waals surface area contributed by atoms with Gasteiger partial charge in [-0.1, -0.05) is 54.1 Å². The van der Waals surface area contributed by atoms with Gasteiger partial charge in [0.2, 0.25) is 5.69 Å². The zero-order valence-corrected chi connectivity index (χ0v) is 14.6. The standard InChI is InChI=1S/C23H22N/c1-15-9-10-16(2)21(13-15)23-22-19(14-17(3)24(23)4)12-11-18-7-5-6-8-20(18)22/h5-14H,1-4H3/q+1/i14D. The third kappa shape index (κ3) is 2.20. The number of benzene rings is 3. The monoisotopic (exact) mass is 313 g/mol. The van der Waals surface area contributed by atoms with Crippen molar-refractivity contribution in [1.82, 2.24) is 0 Å². The molecule has 4 rings (SSSR count). The maximum Gasteiger partial charge on any atom is 0.221 e. The van der Waals surface area contributed by atoms with Crippen molar-refractivity contribution in [3.05, 3.63) is 77.5 Å². The number of aromatic nitrogens is 1. The molecule has 0 radical (unpaired) electrons. The van der Waals surface area contributed by atoms with Gasteiger partial charge in [-0.3, -0.25) is 0 Å². The molecule has 4 aromatic rings. The lowest BCUT2D eigenvalue weighted by molar-refractivity contribution is -0.665. The van der Waals surface area contributed by atoms with Crippen LogP contribution in [0, 0.1) is 20.8 Å². The van der Waals surface area contributed by atoms with Crippen LogP contribution >= 0.6 is 0 Å². The van der Waals surface area contributed by atoms with Gasteiger partial charge in [0.1, 0.15) is 7.05 Å². The van der Waals surface area contributed by atoms with E-state index in [1.807, 2.05) is 6.92 Å². The van der Waals surface area contributed by atoms with Crippen LogP contribution in [0.1, 0.15) is 18.2 Å². The van der Waals surface area contributed by atoms with Crippen LogP contribution in [0.2, 0.25) is 0 Å². The fourth-order valence-electron chi connectivity index (χ4n) is 3.55. The third-order valence-electron chi connectivity index (χ3n) is 4.97. The van der Waals surface area contributed by atoms with Crippen LogP contribution in [0.4, 0.5) is 0 Å². The summed E-state index contributed by atoms with van der Waals surface area (Å²) >= 11 is 0. The van der Waals surface area contributed by atoms with Gasteiger partial charge in [0, 0.05) is 18.5 Å². The molecule has 0 atom stereocenters. The van der Waals surface area contributed by atoms with Crippen molar-refractivity contribution in [2.45, 2.75) is 20.8 Å². The van der Waals surface area contributed by atoms with Crippen molar-refractivity contribution in [2.24, 2.45) is 7.05 Å². The predicted molar refractivity (Wildman–Crippen MR) is 102 cm³/mol. The highest BCUT2D eigenvalue weighted by Crippen LogP contribution is 2.34. The zero-order valence-electron chi connectivity index (χ0n) is 15.6. The Morgan fingerprint density at radius 3 is 2.46 bits per heavy atom. The van der Waals surface area contributed by atoms with E-state index in [4.69, 9.17) is 1.37 Å². The lowest BCUT2D eigenvalue weighted by atomic mass is 9.94. The van der Waals surface area contributed by atoms with E-state index in [-0.39, 0.29) is 0 Å². The van der Waals surface area contributed by atoms with E-state index in [9.17, 15) is 0 Å². The second-order valence-electron chi connectivity index (χ2n) is 6.65. The molecule has 24 heavy (non-hydrogen) atoms. The maximum absolute atomic E-state index is 8.64. The fourth-order valence-corrected chi connectivity index (χ4v) is 3.55. The van der Waals surface area contributed by atoms with Crippen molar-refractivity contribution in [3.8, 4) is 11.3 Å². The van der Waals surface area contributed by atoms with E-state index >= 15 is 0 Å². The highest BCUT2D eigenvalue weighted by atomic mass is 14.9. The van der Waals surface area contributed by atoms with Crippen LogP contribution in [0.3, 0.4) is 0 Å². The normalized spacial score (nSPS) is 11.9. The summed E-state index contributed by atoms with van der Waals surface area (Å²) < 4.78 is 10.8. The summed E-state index contributed by atoms with van der Waals surface area (Å²) in [7, 11) is 2.08. The molecule has 3 aromatic carbocycles. The van der Waals surface area contributed by atoms with Crippen LogP contribution in [-0.2, 0) is 7.05 Å². The number of nitrogens with zero attached hydrogens (tertiary/aromatic N) is 1. The van der Waals surface area contributed by atoms with Gasteiger partial charge < -0.3 is 0 Å². The molecule has 0 spiro atoms. The fraction of sp³-hybridized carbons (Fsp3) is 0.174. The molecule has 118 valence electrons. The van der Waals surface area contributed by atoms with Gasteiger partial charge in [-0.25, -0.2) is 0 Å². The molecule has 1 nitrogen and oxygen atoms in total. The van der Waals surface area contributed by atoms with E-state index < -0.39 is 0 Å². The molecule has 0 fully saturated rings. The smallest absolute Gasteiger partial charge is 0.198 e. The minimum Gasteiger partial charge on any atom is -0.198 e. The molecule has 0 aliphatic heterocycles. The molecule has 0 amide bonds. The third-order valence-corrected chi connectivity index (χ3v) is 4.97. The topological polar surface area (TPSA) is 3.88 Å². The summed E-state index contributed by atoms with van der Waals surface area (Å²) in [4.78, 5) is 0. The number of hydrogen-bond acceptors (Lipinski definition) is 0. The largest absolute Gasteiger partial charge is 0.221 e. The Kier molecular flexibility index (Phi) is 3.12. The molecule has 0 N–H and O–H groups in total. The summed E-state index contributed by atoms with van der Waals surface area (Å²) in [5.74, 6) is 0. The Balaban J connectivity index is 2.31. The molecule has 0 aliphatic carbocycles. The van der Waals surface area contributed by atoms with E-state index in [0.29, 0.717) is 6.04 Å². The van der Waals surface area contributed by atoms with E-state index in [0.717, 1.165) is 11.1 Å². The van der Waals surface area contributed by atoms with Crippen LogP contribution in [0.25, 0.3) is 32.8 Å². The lowest BCUT2D eigenvalue weighted by Gasteiger charge is -2.12. The highest BCUT2D eigenvalue weighted by molar-refractivity contribution is 6.12. The van der Waals surface area contributed by atoms with Crippen molar-refractivity contribution in [2.75, 3.05) is 0 Å². The molecule has 0 unspecified atom stereocenters. The molecule has 1 heterocycles. The molecule has 0 aliphatic rings. The number of aryl methyl sites for hydroxylation is 2. The van der Waals surface area contributed by atoms with Gasteiger partial charge in [0.05, 0.1) is 6.76 Å². The quantitative estimate of drug-likeness (QED) is 0.327. The Hall–Kier alpha value is -2.67. The van der Waals surface area contributed by atoms with Gasteiger partial charge >= 0.3 is 0 Å². The molecule has 0 bridgehead atoms. The first-order chi connectivity index (χ1) is 12.0. The van der Waals surface area contributed by atoms with Crippen molar-refractivity contribution in [3.63, 3.8) is 0 Å². The van der Waals surface area contributed by atoms with Crippen LogP contribution in [-0.4, -0.2) is 0 Å². The van der Waals surface area contributed by atoms with E-state index in [1.54, 1.807) is 0 Å². The molecule has 0 saturated heterocycles. The minimum absolute atomic E-state index is 0.609. The van der Waals surface area contributed by atoms with Crippen LogP contribution < -0.4 is 4.57 Å². The molecule has 0 saturated carbocycles. The Labute approximate surface area is 144 Å².